The number of aromatic nitrogens is 2. The molecule has 0 fully saturated rings. The number of nitrogens with one attached hydrogen (secondary N) is 1. The van der Waals surface area contributed by atoms with Crippen LogP contribution in [0.3, 0.4) is 0 Å². The molecular weight excluding hydrogens is 354 g/mol. The first kappa shape index (κ1) is 19.6. The van der Waals surface area contributed by atoms with Crippen LogP contribution in [-0.2, 0) is 22.5 Å². The quantitative estimate of drug-likeness (QED) is 0.640. The molecule has 0 aliphatic rings. The molecule has 1 heterocycles. The standard InChI is InChI=1S/C22H25N3O3/c1-15(2)28-21(26)14-25-19-10-5-4-9-18(19)24-20(25)11-12-23-22(27)17-8-6-7-16(3)13-17/h4-10,13,15H,11-12,14H2,1-3H3,(H,23,27). The van der Waals surface area contributed by atoms with Crippen molar-refractivity contribution in [1.29, 1.82) is 0 Å². The molecule has 0 saturated heterocycles. The van der Waals surface area contributed by atoms with Crippen LogP contribution in [-0.4, -0.2) is 34.1 Å². The summed E-state index contributed by atoms with van der Waals surface area (Å²) in [6.07, 6.45) is 0.348. The van der Waals surface area contributed by atoms with Gasteiger partial charge in [-0.15, -0.1) is 0 Å². The molecular formula is C22H25N3O3. The minimum Gasteiger partial charge on any atom is -0.462 e. The van der Waals surface area contributed by atoms with Gasteiger partial charge < -0.3 is 14.6 Å². The second-order valence-electron chi connectivity index (χ2n) is 7.02. The summed E-state index contributed by atoms with van der Waals surface area (Å²) in [5.41, 5.74) is 3.37. The molecule has 1 N–H and O–H groups in total. The second-order valence-corrected chi connectivity index (χ2v) is 7.02. The highest BCUT2D eigenvalue weighted by Gasteiger charge is 2.15. The third-order valence-corrected chi connectivity index (χ3v) is 4.30. The Morgan fingerprint density at radius 2 is 1.93 bits per heavy atom. The number of carbonyl (C=O) groups is 2. The number of nitrogens with zero attached hydrogens (tertiary/aromatic N) is 2. The number of fused-ring (bicyclic) bond motifs is 1. The highest BCUT2D eigenvalue weighted by atomic mass is 16.5. The molecule has 6 nitrogen and oxygen atoms in total. The van der Waals surface area contributed by atoms with Crippen molar-refractivity contribution >= 4 is 22.9 Å². The minimum atomic E-state index is -0.303. The van der Waals surface area contributed by atoms with E-state index in [2.05, 4.69) is 10.3 Å². The van der Waals surface area contributed by atoms with Gasteiger partial charge in [-0.2, -0.15) is 0 Å². The number of hydrogen-bond acceptors (Lipinski definition) is 4. The van der Waals surface area contributed by atoms with Crippen molar-refractivity contribution in [3.63, 3.8) is 0 Å². The Morgan fingerprint density at radius 3 is 2.68 bits per heavy atom. The molecule has 0 unspecified atom stereocenters. The predicted molar refractivity (Wildman–Crippen MR) is 108 cm³/mol. The van der Waals surface area contributed by atoms with Gasteiger partial charge in [0.1, 0.15) is 12.4 Å². The molecule has 146 valence electrons. The molecule has 0 spiro atoms. The van der Waals surface area contributed by atoms with Gasteiger partial charge in [0.2, 0.25) is 0 Å². The normalized spacial score (nSPS) is 11.0. The summed E-state index contributed by atoms with van der Waals surface area (Å²) in [6.45, 7) is 6.13. The zero-order valence-electron chi connectivity index (χ0n) is 16.4. The van der Waals surface area contributed by atoms with Gasteiger partial charge >= 0.3 is 5.97 Å². The van der Waals surface area contributed by atoms with E-state index in [0.717, 1.165) is 22.4 Å². The van der Waals surface area contributed by atoms with Crippen LogP contribution >= 0.6 is 0 Å². The van der Waals surface area contributed by atoms with Crippen molar-refractivity contribution < 1.29 is 14.3 Å². The van der Waals surface area contributed by atoms with Crippen molar-refractivity contribution in [1.82, 2.24) is 14.9 Å². The number of rotatable bonds is 7. The maximum atomic E-state index is 12.3. The first-order valence-corrected chi connectivity index (χ1v) is 9.42. The number of ether oxygens (including phenoxy) is 1. The van der Waals surface area contributed by atoms with E-state index >= 15 is 0 Å². The third kappa shape index (κ3) is 4.76. The van der Waals surface area contributed by atoms with Crippen LogP contribution in [0.2, 0.25) is 0 Å². The number of hydrogen-bond donors (Lipinski definition) is 1. The fraction of sp³-hybridized carbons (Fsp3) is 0.318. The van der Waals surface area contributed by atoms with Crippen molar-refractivity contribution in [2.75, 3.05) is 6.54 Å². The van der Waals surface area contributed by atoms with Gasteiger partial charge in [-0.25, -0.2) is 4.98 Å². The lowest BCUT2D eigenvalue weighted by Gasteiger charge is -2.12. The summed E-state index contributed by atoms with van der Waals surface area (Å²) >= 11 is 0. The Labute approximate surface area is 164 Å². The topological polar surface area (TPSA) is 73.2 Å². The summed E-state index contributed by atoms with van der Waals surface area (Å²) in [4.78, 5) is 29.1. The number of benzene rings is 2. The highest BCUT2D eigenvalue weighted by molar-refractivity contribution is 5.94. The number of carbonyl (C=O) groups excluding carboxylic acids is 2. The smallest absolute Gasteiger partial charge is 0.326 e. The molecule has 0 saturated carbocycles. The van der Waals surface area contributed by atoms with E-state index < -0.39 is 0 Å². The molecule has 0 radical (unpaired) electrons. The van der Waals surface area contributed by atoms with E-state index in [-0.39, 0.29) is 24.5 Å². The molecule has 3 rings (SSSR count). The monoisotopic (exact) mass is 379 g/mol. The first-order chi connectivity index (χ1) is 13.4. The van der Waals surface area contributed by atoms with Gasteiger partial charge in [0.25, 0.3) is 5.91 Å². The molecule has 3 aromatic rings. The van der Waals surface area contributed by atoms with Gasteiger partial charge in [-0.05, 0) is 45.0 Å². The summed E-state index contributed by atoms with van der Waals surface area (Å²) in [6, 6.07) is 15.1. The molecule has 1 aromatic heterocycles. The SMILES string of the molecule is Cc1cccc(C(=O)NCCc2nc3ccccc3n2CC(=O)OC(C)C)c1. The fourth-order valence-corrected chi connectivity index (χ4v) is 3.10. The largest absolute Gasteiger partial charge is 0.462 e. The third-order valence-electron chi connectivity index (χ3n) is 4.30. The molecule has 0 aliphatic carbocycles. The van der Waals surface area contributed by atoms with Crippen molar-refractivity contribution in [2.24, 2.45) is 0 Å². The average Bonchev–Trinajstić information content (AvgIpc) is 2.98. The number of esters is 1. The summed E-state index contributed by atoms with van der Waals surface area (Å²) in [5.74, 6) is 0.320. The zero-order chi connectivity index (χ0) is 20.1. The maximum Gasteiger partial charge on any atom is 0.326 e. The Balaban J connectivity index is 1.72. The van der Waals surface area contributed by atoms with Crippen LogP contribution in [0.1, 0.15) is 35.6 Å². The molecule has 6 heteroatoms. The van der Waals surface area contributed by atoms with E-state index in [1.807, 2.05) is 67.8 Å². The van der Waals surface area contributed by atoms with Gasteiger partial charge in [0.05, 0.1) is 17.1 Å². The number of aryl methyl sites for hydroxylation is 1. The lowest BCUT2D eigenvalue weighted by Crippen LogP contribution is -2.27. The second kappa shape index (κ2) is 8.69. The Kier molecular flexibility index (Phi) is 6.09. The fourth-order valence-electron chi connectivity index (χ4n) is 3.10. The maximum absolute atomic E-state index is 12.3. The van der Waals surface area contributed by atoms with Crippen LogP contribution in [0.15, 0.2) is 48.5 Å². The van der Waals surface area contributed by atoms with Crippen LogP contribution in [0, 0.1) is 6.92 Å². The van der Waals surface area contributed by atoms with Crippen LogP contribution < -0.4 is 5.32 Å². The molecule has 1 amide bonds. The van der Waals surface area contributed by atoms with E-state index in [4.69, 9.17) is 4.74 Å². The minimum absolute atomic E-state index is 0.0971. The van der Waals surface area contributed by atoms with Crippen LogP contribution in [0.25, 0.3) is 11.0 Å². The van der Waals surface area contributed by atoms with Crippen LogP contribution in [0.5, 0.6) is 0 Å². The lowest BCUT2D eigenvalue weighted by atomic mass is 10.1. The average molecular weight is 379 g/mol. The van der Waals surface area contributed by atoms with Gasteiger partial charge in [-0.3, -0.25) is 9.59 Å². The zero-order valence-corrected chi connectivity index (χ0v) is 16.4. The van der Waals surface area contributed by atoms with E-state index in [9.17, 15) is 9.59 Å². The van der Waals surface area contributed by atoms with Gasteiger partial charge in [0, 0.05) is 18.5 Å². The van der Waals surface area contributed by atoms with Gasteiger partial charge in [-0.1, -0.05) is 29.8 Å². The van der Waals surface area contributed by atoms with E-state index in [1.165, 1.54) is 0 Å². The van der Waals surface area contributed by atoms with E-state index in [1.54, 1.807) is 6.07 Å². The lowest BCUT2D eigenvalue weighted by molar-refractivity contribution is -0.148. The molecule has 0 bridgehead atoms. The summed E-state index contributed by atoms with van der Waals surface area (Å²) in [7, 11) is 0. The van der Waals surface area contributed by atoms with E-state index in [0.29, 0.717) is 18.5 Å². The molecule has 0 atom stereocenters. The Morgan fingerprint density at radius 1 is 1.14 bits per heavy atom. The number of para-hydroxylation sites is 2. The van der Waals surface area contributed by atoms with Crippen molar-refractivity contribution in [3.05, 3.63) is 65.5 Å². The molecule has 2 aromatic carbocycles. The number of amides is 1. The summed E-state index contributed by atoms with van der Waals surface area (Å²) in [5, 5.41) is 2.92. The highest BCUT2D eigenvalue weighted by Crippen LogP contribution is 2.17. The number of imidazole rings is 1. The predicted octanol–water partition coefficient (Wildman–Crippen LogP) is 3.27. The Bertz CT molecular complexity index is 992. The molecule has 0 aliphatic heterocycles. The van der Waals surface area contributed by atoms with Gasteiger partial charge in [0.15, 0.2) is 0 Å². The summed E-state index contributed by atoms with van der Waals surface area (Å²) < 4.78 is 7.14. The Hall–Kier alpha value is -3.15. The van der Waals surface area contributed by atoms with Crippen LogP contribution in [0.4, 0.5) is 0 Å². The van der Waals surface area contributed by atoms with Crippen molar-refractivity contribution in [2.45, 2.75) is 39.8 Å². The first-order valence-electron chi connectivity index (χ1n) is 9.42. The van der Waals surface area contributed by atoms with Crippen molar-refractivity contribution in [3.8, 4) is 0 Å². The molecule has 28 heavy (non-hydrogen) atoms.